The minimum Gasteiger partial charge on any atom is -0.463 e. The predicted octanol–water partition coefficient (Wildman–Crippen LogP) is 0.847. The lowest BCUT2D eigenvalue weighted by atomic mass is 9.85. The molecule has 1 aromatic heterocycles. The van der Waals surface area contributed by atoms with Crippen molar-refractivity contribution in [1.29, 1.82) is 0 Å². The summed E-state index contributed by atoms with van der Waals surface area (Å²) in [7, 11) is 0. The van der Waals surface area contributed by atoms with E-state index in [0.29, 0.717) is 19.4 Å². The van der Waals surface area contributed by atoms with Crippen LogP contribution in [0.4, 0.5) is 0 Å². The van der Waals surface area contributed by atoms with Crippen molar-refractivity contribution in [3.63, 3.8) is 0 Å². The largest absolute Gasteiger partial charge is 0.463 e. The lowest BCUT2D eigenvalue weighted by molar-refractivity contribution is -0.936. The van der Waals surface area contributed by atoms with E-state index >= 15 is 0 Å². The summed E-state index contributed by atoms with van der Waals surface area (Å²) in [5.41, 5.74) is 0. The van der Waals surface area contributed by atoms with Crippen LogP contribution in [0, 0.1) is 11.8 Å². The normalized spacial score (nSPS) is 25.9. The summed E-state index contributed by atoms with van der Waals surface area (Å²) in [6.45, 7) is 2.82. The number of allylic oxidation sites excluding steroid dienone is 2. The SMILES string of the molecule is O=C(CCN1C(=O)[C@H]2CC=CC[C@H]2C1=O)NC[C@@H](c1ccco1)[NH+]1CCCCC1. The number of amides is 3. The van der Waals surface area contributed by atoms with Gasteiger partial charge in [-0.25, -0.2) is 0 Å². The Bertz CT molecular complexity index is 741. The number of nitrogens with one attached hydrogen (secondary N) is 2. The zero-order valence-corrected chi connectivity index (χ0v) is 16.8. The molecule has 2 N–H and O–H groups in total. The number of rotatable bonds is 7. The number of carbonyl (C=O) groups excluding carboxylic acids is 3. The summed E-state index contributed by atoms with van der Waals surface area (Å²) in [4.78, 5) is 40.2. The lowest BCUT2D eigenvalue weighted by Crippen LogP contribution is -3.13. The van der Waals surface area contributed by atoms with Gasteiger partial charge in [-0.3, -0.25) is 19.3 Å². The Kier molecular flexibility index (Phi) is 6.13. The molecule has 3 heterocycles. The van der Waals surface area contributed by atoms with E-state index in [4.69, 9.17) is 4.42 Å². The molecule has 2 fully saturated rings. The molecule has 0 radical (unpaired) electrons. The van der Waals surface area contributed by atoms with Crippen molar-refractivity contribution >= 4 is 17.7 Å². The van der Waals surface area contributed by atoms with Crippen LogP contribution in [0.2, 0.25) is 0 Å². The fourth-order valence-electron chi connectivity index (χ4n) is 4.90. The average Bonchev–Trinajstić information content (AvgIpc) is 3.36. The molecule has 2 saturated heterocycles. The van der Waals surface area contributed by atoms with Crippen LogP contribution in [-0.4, -0.2) is 48.8 Å². The summed E-state index contributed by atoms with van der Waals surface area (Å²) >= 11 is 0. The van der Waals surface area contributed by atoms with E-state index in [-0.39, 0.29) is 48.6 Å². The van der Waals surface area contributed by atoms with Crippen LogP contribution >= 0.6 is 0 Å². The molecule has 0 spiro atoms. The molecule has 29 heavy (non-hydrogen) atoms. The van der Waals surface area contributed by atoms with E-state index in [1.54, 1.807) is 6.26 Å². The van der Waals surface area contributed by atoms with Crippen LogP contribution in [0.5, 0.6) is 0 Å². The molecule has 156 valence electrons. The minimum absolute atomic E-state index is 0.0956. The zero-order valence-electron chi connectivity index (χ0n) is 16.8. The van der Waals surface area contributed by atoms with Crippen LogP contribution in [0.25, 0.3) is 0 Å². The van der Waals surface area contributed by atoms with Gasteiger partial charge in [0.2, 0.25) is 17.7 Å². The van der Waals surface area contributed by atoms with Crippen molar-refractivity contribution < 1.29 is 23.7 Å². The molecule has 3 aliphatic rings. The third-order valence-electron chi connectivity index (χ3n) is 6.54. The van der Waals surface area contributed by atoms with E-state index in [9.17, 15) is 14.4 Å². The van der Waals surface area contributed by atoms with Gasteiger partial charge >= 0.3 is 0 Å². The molecule has 7 heteroatoms. The Hall–Kier alpha value is -2.41. The molecule has 1 aliphatic carbocycles. The lowest BCUT2D eigenvalue weighted by Gasteiger charge is -2.30. The first-order chi connectivity index (χ1) is 14.1. The van der Waals surface area contributed by atoms with Gasteiger partial charge < -0.3 is 14.6 Å². The first-order valence-corrected chi connectivity index (χ1v) is 10.8. The molecule has 3 amide bonds. The maximum Gasteiger partial charge on any atom is 0.233 e. The Morgan fingerprint density at radius 1 is 1.14 bits per heavy atom. The molecule has 4 rings (SSSR count). The third-order valence-corrected chi connectivity index (χ3v) is 6.54. The number of carbonyl (C=O) groups is 3. The highest BCUT2D eigenvalue weighted by molar-refractivity contribution is 6.05. The van der Waals surface area contributed by atoms with Gasteiger partial charge in [0, 0.05) is 13.0 Å². The number of piperidine rings is 1. The average molecular weight is 400 g/mol. The number of nitrogens with zero attached hydrogens (tertiary/aromatic N) is 1. The topological polar surface area (TPSA) is 84.1 Å². The number of imide groups is 1. The van der Waals surface area contributed by atoms with E-state index in [1.807, 2.05) is 24.3 Å². The Labute approximate surface area is 171 Å². The zero-order chi connectivity index (χ0) is 20.2. The Morgan fingerprint density at radius 2 is 1.83 bits per heavy atom. The number of hydrogen-bond donors (Lipinski definition) is 2. The number of likely N-dealkylation sites (tertiary alicyclic amines) is 2. The standard InChI is InChI=1S/C22H29N3O4/c26-20(10-13-25-21(27)16-7-2-3-8-17(16)22(25)28)23-15-18(19-9-6-14-29-19)24-11-4-1-5-12-24/h2-3,6,9,14,16-18H,1,4-5,7-8,10-13,15H2,(H,23,26)/p+1/t16-,17+,18-/m0/s1. The van der Waals surface area contributed by atoms with Crippen LogP contribution in [0.3, 0.4) is 0 Å². The summed E-state index contributed by atoms with van der Waals surface area (Å²) in [6.07, 6.45) is 10.7. The van der Waals surface area contributed by atoms with E-state index in [1.165, 1.54) is 29.1 Å². The molecule has 0 unspecified atom stereocenters. The van der Waals surface area contributed by atoms with Crippen LogP contribution < -0.4 is 10.2 Å². The summed E-state index contributed by atoms with van der Waals surface area (Å²) < 4.78 is 5.63. The quantitative estimate of drug-likeness (QED) is 0.525. The monoisotopic (exact) mass is 400 g/mol. The van der Waals surface area contributed by atoms with Gasteiger partial charge in [-0.1, -0.05) is 12.2 Å². The number of hydrogen-bond acceptors (Lipinski definition) is 4. The van der Waals surface area contributed by atoms with Gasteiger partial charge in [-0.2, -0.15) is 0 Å². The second-order valence-corrected chi connectivity index (χ2v) is 8.32. The third kappa shape index (κ3) is 4.29. The highest BCUT2D eigenvalue weighted by Gasteiger charge is 2.46. The van der Waals surface area contributed by atoms with Crippen molar-refractivity contribution in [2.75, 3.05) is 26.2 Å². The molecule has 0 aromatic carbocycles. The Morgan fingerprint density at radius 3 is 2.45 bits per heavy atom. The Balaban J connectivity index is 1.30. The van der Waals surface area contributed by atoms with Crippen LogP contribution in [0.15, 0.2) is 35.0 Å². The fourth-order valence-corrected chi connectivity index (χ4v) is 4.90. The van der Waals surface area contributed by atoms with Gasteiger partial charge in [-0.15, -0.1) is 0 Å². The summed E-state index contributed by atoms with van der Waals surface area (Å²) in [5, 5.41) is 3.00. The second kappa shape index (κ2) is 8.95. The maximum atomic E-state index is 12.5. The number of fused-ring (bicyclic) bond motifs is 1. The molecule has 3 atom stereocenters. The van der Waals surface area contributed by atoms with Crippen molar-refractivity contribution in [2.24, 2.45) is 11.8 Å². The van der Waals surface area contributed by atoms with E-state index in [0.717, 1.165) is 18.8 Å². The second-order valence-electron chi connectivity index (χ2n) is 8.32. The fraction of sp³-hybridized carbons (Fsp3) is 0.591. The van der Waals surface area contributed by atoms with Gasteiger partial charge in [0.05, 0.1) is 37.7 Å². The highest BCUT2D eigenvalue weighted by atomic mass is 16.3. The molecule has 2 aliphatic heterocycles. The predicted molar refractivity (Wildman–Crippen MR) is 106 cm³/mol. The molecular weight excluding hydrogens is 370 g/mol. The van der Waals surface area contributed by atoms with Crippen molar-refractivity contribution in [1.82, 2.24) is 10.2 Å². The minimum atomic E-state index is -0.235. The van der Waals surface area contributed by atoms with Gasteiger partial charge in [-0.05, 0) is 44.2 Å². The van der Waals surface area contributed by atoms with Crippen molar-refractivity contribution in [3.8, 4) is 0 Å². The van der Waals surface area contributed by atoms with Crippen molar-refractivity contribution in [2.45, 2.75) is 44.6 Å². The molecule has 1 aromatic rings. The van der Waals surface area contributed by atoms with E-state index in [2.05, 4.69) is 5.32 Å². The molecule has 0 saturated carbocycles. The molecule has 0 bridgehead atoms. The number of furan rings is 1. The van der Waals surface area contributed by atoms with Crippen LogP contribution in [-0.2, 0) is 14.4 Å². The number of quaternary nitrogens is 1. The first-order valence-electron chi connectivity index (χ1n) is 10.8. The maximum absolute atomic E-state index is 12.5. The molecular formula is C22H30N3O4+. The summed E-state index contributed by atoms with van der Waals surface area (Å²) in [5.74, 6) is 0.0465. The highest BCUT2D eigenvalue weighted by Crippen LogP contribution is 2.34. The van der Waals surface area contributed by atoms with Crippen molar-refractivity contribution in [3.05, 3.63) is 36.3 Å². The van der Waals surface area contributed by atoms with E-state index < -0.39 is 0 Å². The van der Waals surface area contributed by atoms with Gasteiger partial charge in [0.25, 0.3) is 0 Å². The summed E-state index contributed by atoms with van der Waals surface area (Å²) in [6, 6.07) is 3.95. The van der Waals surface area contributed by atoms with Crippen LogP contribution in [0.1, 0.15) is 50.3 Å². The first kappa shape index (κ1) is 19.9. The molecule has 7 nitrogen and oxygen atoms in total. The van der Waals surface area contributed by atoms with Gasteiger partial charge in [0.15, 0.2) is 11.8 Å². The smallest absolute Gasteiger partial charge is 0.233 e. The van der Waals surface area contributed by atoms with Gasteiger partial charge in [0.1, 0.15) is 0 Å².